The van der Waals surface area contributed by atoms with Gasteiger partial charge in [0.2, 0.25) is 0 Å². The molecule has 4 heteroatoms. The monoisotopic (exact) mass is 280 g/mol. The highest BCUT2D eigenvalue weighted by molar-refractivity contribution is 5.84. The van der Waals surface area contributed by atoms with Crippen LogP contribution in [0.15, 0.2) is 59.4 Å². The lowest BCUT2D eigenvalue weighted by atomic mass is 10.1. The fraction of sp³-hybridized carbons (Fsp3) is 0.118. The van der Waals surface area contributed by atoms with E-state index in [9.17, 15) is 4.79 Å². The number of pyridine rings is 1. The topological polar surface area (TPSA) is 57.2 Å². The number of anilines is 1. The number of benzene rings is 2. The van der Waals surface area contributed by atoms with E-state index in [-0.39, 0.29) is 5.56 Å². The molecule has 1 heterocycles. The molecule has 0 unspecified atom stereocenters. The van der Waals surface area contributed by atoms with Gasteiger partial charge in [0.05, 0.1) is 12.3 Å². The quantitative estimate of drug-likeness (QED) is 0.802. The van der Waals surface area contributed by atoms with E-state index in [1.807, 2.05) is 61.5 Å². The van der Waals surface area contributed by atoms with Gasteiger partial charge in [-0.05, 0) is 48.7 Å². The second-order valence-electron chi connectivity index (χ2n) is 4.72. The molecule has 106 valence electrons. The number of nitrogen functional groups attached to an aromatic ring is 1. The molecule has 0 fully saturated rings. The van der Waals surface area contributed by atoms with Gasteiger partial charge in [-0.2, -0.15) is 0 Å². The van der Waals surface area contributed by atoms with Crippen molar-refractivity contribution in [1.82, 2.24) is 4.57 Å². The third-order valence-electron chi connectivity index (χ3n) is 3.36. The Balaban J connectivity index is 2.18. The zero-order chi connectivity index (χ0) is 14.8. The van der Waals surface area contributed by atoms with Gasteiger partial charge in [-0.15, -0.1) is 0 Å². The lowest BCUT2D eigenvalue weighted by molar-refractivity contribution is 0.340. The van der Waals surface area contributed by atoms with Crippen LogP contribution in [0.4, 0.5) is 5.82 Å². The van der Waals surface area contributed by atoms with E-state index in [0.717, 1.165) is 16.8 Å². The first-order valence-corrected chi connectivity index (χ1v) is 6.84. The Labute approximate surface area is 122 Å². The zero-order valence-electron chi connectivity index (χ0n) is 11.7. The van der Waals surface area contributed by atoms with Gasteiger partial charge in [-0.25, -0.2) is 0 Å². The molecule has 1 aromatic heterocycles. The van der Waals surface area contributed by atoms with Gasteiger partial charge in [0, 0.05) is 5.39 Å². The Morgan fingerprint density at radius 1 is 1.10 bits per heavy atom. The van der Waals surface area contributed by atoms with Crippen LogP contribution in [0.5, 0.6) is 5.75 Å². The van der Waals surface area contributed by atoms with Crippen molar-refractivity contribution < 1.29 is 4.74 Å². The zero-order valence-corrected chi connectivity index (χ0v) is 11.7. The van der Waals surface area contributed by atoms with Crippen LogP contribution in [-0.4, -0.2) is 11.2 Å². The van der Waals surface area contributed by atoms with Crippen molar-refractivity contribution in [1.29, 1.82) is 0 Å². The fourth-order valence-electron chi connectivity index (χ4n) is 2.40. The molecule has 21 heavy (non-hydrogen) atoms. The van der Waals surface area contributed by atoms with Crippen LogP contribution in [0.3, 0.4) is 0 Å². The molecule has 0 bridgehead atoms. The van der Waals surface area contributed by atoms with Crippen LogP contribution in [-0.2, 0) is 0 Å². The first-order chi connectivity index (χ1) is 10.2. The van der Waals surface area contributed by atoms with Gasteiger partial charge in [0.15, 0.2) is 0 Å². The Hall–Kier alpha value is -2.75. The minimum Gasteiger partial charge on any atom is -0.494 e. The van der Waals surface area contributed by atoms with E-state index in [1.54, 1.807) is 0 Å². The Kier molecular flexibility index (Phi) is 3.36. The highest BCUT2D eigenvalue weighted by Gasteiger charge is 2.08. The summed E-state index contributed by atoms with van der Waals surface area (Å²) < 4.78 is 6.92. The molecule has 3 aromatic rings. The van der Waals surface area contributed by atoms with Gasteiger partial charge in [0.25, 0.3) is 5.56 Å². The number of hydrogen-bond donors (Lipinski definition) is 1. The van der Waals surface area contributed by atoms with Gasteiger partial charge in [-0.1, -0.05) is 18.2 Å². The average Bonchev–Trinajstić information content (AvgIpc) is 2.49. The molecule has 0 amide bonds. The predicted molar refractivity (Wildman–Crippen MR) is 85.1 cm³/mol. The summed E-state index contributed by atoms with van der Waals surface area (Å²) in [6.07, 6.45) is 0. The molecule has 0 saturated heterocycles. The normalized spacial score (nSPS) is 10.7. The second kappa shape index (κ2) is 5.32. The Morgan fingerprint density at radius 3 is 2.52 bits per heavy atom. The summed E-state index contributed by atoms with van der Waals surface area (Å²) >= 11 is 0. The minimum atomic E-state index is -0.116. The van der Waals surface area contributed by atoms with E-state index in [0.29, 0.717) is 17.8 Å². The van der Waals surface area contributed by atoms with Gasteiger partial charge in [0.1, 0.15) is 11.6 Å². The van der Waals surface area contributed by atoms with Crippen LogP contribution >= 0.6 is 0 Å². The maximum absolute atomic E-state index is 12.6. The first-order valence-electron chi connectivity index (χ1n) is 6.84. The summed E-state index contributed by atoms with van der Waals surface area (Å²) in [6, 6.07) is 16.6. The molecular weight excluding hydrogens is 264 g/mol. The maximum atomic E-state index is 12.6. The molecule has 0 saturated carbocycles. The number of aromatic nitrogens is 1. The Morgan fingerprint density at radius 2 is 1.81 bits per heavy atom. The molecule has 2 N–H and O–H groups in total. The van der Waals surface area contributed by atoms with Crippen LogP contribution in [0.25, 0.3) is 16.5 Å². The fourth-order valence-corrected chi connectivity index (χ4v) is 2.40. The number of ether oxygens (including phenoxy) is 1. The summed E-state index contributed by atoms with van der Waals surface area (Å²) in [6.45, 7) is 2.54. The molecule has 2 aromatic carbocycles. The van der Waals surface area contributed by atoms with E-state index >= 15 is 0 Å². The smallest absolute Gasteiger partial charge is 0.264 e. The number of nitrogens with zero attached hydrogens (tertiary/aromatic N) is 1. The lowest BCUT2D eigenvalue weighted by Gasteiger charge is -2.12. The number of rotatable bonds is 3. The summed E-state index contributed by atoms with van der Waals surface area (Å²) in [5.41, 5.74) is 6.66. The highest BCUT2D eigenvalue weighted by atomic mass is 16.5. The molecular formula is C17H16N2O2. The summed E-state index contributed by atoms with van der Waals surface area (Å²) in [5.74, 6) is 1.19. The third-order valence-corrected chi connectivity index (χ3v) is 3.36. The molecule has 3 rings (SSSR count). The van der Waals surface area contributed by atoms with E-state index in [1.165, 1.54) is 4.57 Å². The Bertz CT molecular complexity index is 836. The van der Waals surface area contributed by atoms with Gasteiger partial charge < -0.3 is 10.5 Å². The van der Waals surface area contributed by atoms with Crippen molar-refractivity contribution in [3.8, 4) is 11.4 Å². The third kappa shape index (κ3) is 2.36. The second-order valence-corrected chi connectivity index (χ2v) is 4.72. The molecule has 0 aliphatic carbocycles. The predicted octanol–water partition coefficient (Wildman–Crippen LogP) is 2.97. The molecule has 0 aliphatic heterocycles. The molecule has 0 aliphatic rings. The summed E-state index contributed by atoms with van der Waals surface area (Å²) in [5, 5.41) is 1.50. The van der Waals surface area contributed by atoms with E-state index in [4.69, 9.17) is 10.5 Å². The average molecular weight is 280 g/mol. The van der Waals surface area contributed by atoms with Gasteiger partial charge in [-0.3, -0.25) is 9.36 Å². The standard InChI is InChI=1S/C17H16N2O2/c1-2-21-14-9-7-13(8-10-14)19-16(18)11-12-5-3-4-6-15(12)17(19)20/h3-11H,2,18H2,1H3. The highest BCUT2D eigenvalue weighted by Crippen LogP contribution is 2.19. The van der Waals surface area contributed by atoms with Crippen LogP contribution in [0.2, 0.25) is 0 Å². The minimum absolute atomic E-state index is 0.116. The van der Waals surface area contributed by atoms with E-state index in [2.05, 4.69) is 0 Å². The lowest BCUT2D eigenvalue weighted by Crippen LogP contribution is -2.21. The van der Waals surface area contributed by atoms with E-state index < -0.39 is 0 Å². The van der Waals surface area contributed by atoms with Gasteiger partial charge >= 0.3 is 0 Å². The molecule has 4 nitrogen and oxygen atoms in total. The largest absolute Gasteiger partial charge is 0.494 e. The first kappa shape index (κ1) is 13.2. The molecule has 0 radical (unpaired) electrons. The van der Waals surface area contributed by atoms with Crippen molar-refractivity contribution in [3.05, 3.63) is 65.0 Å². The number of nitrogens with two attached hydrogens (primary N) is 1. The molecule has 0 spiro atoms. The van der Waals surface area contributed by atoms with Crippen LogP contribution in [0, 0.1) is 0 Å². The maximum Gasteiger partial charge on any atom is 0.264 e. The molecule has 0 atom stereocenters. The van der Waals surface area contributed by atoms with Crippen molar-refractivity contribution in [3.63, 3.8) is 0 Å². The van der Waals surface area contributed by atoms with Crippen molar-refractivity contribution in [2.75, 3.05) is 12.3 Å². The summed E-state index contributed by atoms with van der Waals surface area (Å²) in [7, 11) is 0. The van der Waals surface area contributed by atoms with Crippen molar-refractivity contribution in [2.24, 2.45) is 0 Å². The number of hydrogen-bond acceptors (Lipinski definition) is 3. The number of fused-ring (bicyclic) bond motifs is 1. The van der Waals surface area contributed by atoms with Crippen LogP contribution < -0.4 is 16.0 Å². The van der Waals surface area contributed by atoms with Crippen molar-refractivity contribution >= 4 is 16.6 Å². The summed E-state index contributed by atoms with van der Waals surface area (Å²) in [4.78, 5) is 12.6. The van der Waals surface area contributed by atoms with Crippen LogP contribution in [0.1, 0.15) is 6.92 Å². The van der Waals surface area contributed by atoms with Crippen molar-refractivity contribution in [2.45, 2.75) is 6.92 Å². The SMILES string of the molecule is CCOc1ccc(-n2c(N)cc3ccccc3c2=O)cc1.